The van der Waals surface area contributed by atoms with Gasteiger partial charge >= 0.3 is 6.18 Å². The normalized spacial score (nSPS) is 11.2. The van der Waals surface area contributed by atoms with E-state index in [9.17, 15) is 18.0 Å². The van der Waals surface area contributed by atoms with Crippen LogP contribution in [0.4, 0.5) is 18.9 Å². The van der Waals surface area contributed by atoms with Crippen LogP contribution >= 0.6 is 0 Å². The SMILES string of the molecule is N#Cc1ccc(N/C=C/C(=O)C(F)(F)F)cc1. The van der Waals surface area contributed by atoms with E-state index in [0.29, 0.717) is 17.3 Å². The largest absolute Gasteiger partial charge is 0.454 e. The lowest BCUT2D eigenvalue weighted by Gasteiger charge is -2.01. The fourth-order valence-electron chi connectivity index (χ4n) is 0.949. The van der Waals surface area contributed by atoms with Gasteiger partial charge in [-0.05, 0) is 24.3 Å². The quantitative estimate of drug-likeness (QED) is 0.826. The summed E-state index contributed by atoms with van der Waals surface area (Å²) in [4.78, 5) is 10.5. The van der Waals surface area contributed by atoms with E-state index in [0.717, 1.165) is 6.20 Å². The number of carbonyl (C=O) groups excluding carboxylic acids is 1. The van der Waals surface area contributed by atoms with Crippen LogP contribution in [-0.4, -0.2) is 12.0 Å². The molecule has 0 aliphatic heterocycles. The zero-order valence-electron chi connectivity index (χ0n) is 8.45. The van der Waals surface area contributed by atoms with Crippen LogP contribution in [0.5, 0.6) is 0 Å². The van der Waals surface area contributed by atoms with Gasteiger partial charge in [0.05, 0.1) is 11.6 Å². The van der Waals surface area contributed by atoms with Crippen molar-refractivity contribution in [2.75, 3.05) is 5.32 Å². The van der Waals surface area contributed by atoms with Crippen molar-refractivity contribution in [1.29, 1.82) is 5.26 Å². The predicted molar refractivity (Wildman–Crippen MR) is 55.0 cm³/mol. The zero-order chi connectivity index (χ0) is 12.9. The first-order valence-electron chi connectivity index (χ1n) is 4.48. The molecule has 0 aliphatic rings. The van der Waals surface area contributed by atoms with Gasteiger partial charge in [0.15, 0.2) is 0 Å². The number of nitrogens with one attached hydrogen (secondary N) is 1. The highest BCUT2D eigenvalue weighted by atomic mass is 19.4. The van der Waals surface area contributed by atoms with E-state index in [1.165, 1.54) is 24.3 Å². The Morgan fingerprint density at radius 1 is 1.29 bits per heavy atom. The molecule has 6 heteroatoms. The second kappa shape index (κ2) is 5.16. The van der Waals surface area contributed by atoms with E-state index in [2.05, 4.69) is 5.32 Å². The van der Waals surface area contributed by atoms with Crippen LogP contribution in [0.2, 0.25) is 0 Å². The molecule has 0 atom stereocenters. The van der Waals surface area contributed by atoms with Crippen molar-refractivity contribution in [3.05, 3.63) is 42.1 Å². The molecular formula is C11H7F3N2O. The molecule has 0 saturated carbocycles. The fraction of sp³-hybridized carbons (Fsp3) is 0.0909. The Morgan fingerprint density at radius 2 is 1.88 bits per heavy atom. The second-order valence-electron chi connectivity index (χ2n) is 3.03. The second-order valence-corrected chi connectivity index (χ2v) is 3.03. The number of carbonyl (C=O) groups is 1. The predicted octanol–water partition coefficient (Wildman–Crippen LogP) is 2.62. The maximum absolute atomic E-state index is 11.8. The van der Waals surface area contributed by atoms with Crippen LogP contribution < -0.4 is 5.32 Å². The molecule has 0 amide bonds. The van der Waals surface area contributed by atoms with E-state index in [4.69, 9.17) is 5.26 Å². The molecule has 0 unspecified atom stereocenters. The highest BCUT2D eigenvalue weighted by Crippen LogP contribution is 2.16. The molecule has 17 heavy (non-hydrogen) atoms. The van der Waals surface area contributed by atoms with E-state index in [1.807, 2.05) is 6.07 Å². The first kappa shape index (κ1) is 12.8. The van der Waals surface area contributed by atoms with Gasteiger partial charge in [0, 0.05) is 18.0 Å². The molecule has 0 heterocycles. The molecular weight excluding hydrogens is 233 g/mol. The molecule has 0 radical (unpaired) electrons. The summed E-state index contributed by atoms with van der Waals surface area (Å²) in [7, 11) is 0. The Labute approximate surface area is 95.2 Å². The number of ketones is 1. The van der Waals surface area contributed by atoms with Crippen LogP contribution in [0.15, 0.2) is 36.5 Å². The Bertz CT molecular complexity index is 469. The molecule has 1 aromatic rings. The number of allylic oxidation sites excluding steroid dienone is 1. The molecule has 0 bridgehead atoms. The summed E-state index contributed by atoms with van der Waals surface area (Å²) in [5.41, 5.74) is 0.918. The summed E-state index contributed by atoms with van der Waals surface area (Å²) in [6, 6.07) is 7.93. The minimum atomic E-state index is -4.86. The van der Waals surface area contributed by atoms with Crippen molar-refractivity contribution in [2.24, 2.45) is 0 Å². The lowest BCUT2D eigenvalue weighted by Crippen LogP contribution is -2.20. The van der Waals surface area contributed by atoms with E-state index in [-0.39, 0.29) is 0 Å². The summed E-state index contributed by atoms with van der Waals surface area (Å²) >= 11 is 0. The number of benzene rings is 1. The van der Waals surface area contributed by atoms with Crippen LogP contribution in [0.3, 0.4) is 0 Å². The lowest BCUT2D eigenvalue weighted by molar-refractivity contribution is -0.165. The molecule has 0 spiro atoms. The first-order chi connectivity index (χ1) is 7.93. The third-order valence-corrected chi connectivity index (χ3v) is 1.78. The molecule has 0 aliphatic carbocycles. The van der Waals surface area contributed by atoms with Crippen LogP contribution in [0, 0.1) is 11.3 Å². The number of rotatable bonds is 3. The van der Waals surface area contributed by atoms with E-state index in [1.54, 1.807) is 0 Å². The third-order valence-electron chi connectivity index (χ3n) is 1.78. The summed E-state index contributed by atoms with van der Waals surface area (Å²) < 4.78 is 35.4. The van der Waals surface area contributed by atoms with Crippen molar-refractivity contribution in [1.82, 2.24) is 0 Å². The summed E-state index contributed by atoms with van der Waals surface area (Å²) in [5, 5.41) is 11.0. The Balaban J connectivity index is 2.59. The van der Waals surface area contributed by atoms with Gasteiger partial charge in [-0.1, -0.05) is 0 Å². The molecule has 88 valence electrons. The third kappa shape index (κ3) is 3.99. The minimum absolute atomic E-state index is 0.401. The molecule has 0 saturated heterocycles. The van der Waals surface area contributed by atoms with Crippen molar-refractivity contribution in [2.45, 2.75) is 6.18 Å². The fourth-order valence-corrected chi connectivity index (χ4v) is 0.949. The average Bonchev–Trinajstić information content (AvgIpc) is 2.28. The smallest absolute Gasteiger partial charge is 0.362 e. The van der Waals surface area contributed by atoms with Gasteiger partial charge < -0.3 is 5.32 Å². The number of hydrogen-bond donors (Lipinski definition) is 1. The summed E-state index contributed by atoms with van der Waals surface area (Å²) in [6.45, 7) is 0. The maximum Gasteiger partial charge on any atom is 0.454 e. The van der Waals surface area contributed by atoms with Crippen molar-refractivity contribution in [3.8, 4) is 6.07 Å². The number of alkyl halides is 3. The van der Waals surface area contributed by atoms with Gasteiger partial charge in [-0.2, -0.15) is 18.4 Å². The zero-order valence-corrected chi connectivity index (χ0v) is 8.45. The number of hydrogen-bond acceptors (Lipinski definition) is 3. The highest BCUT2D eigenvalue weighted by Gasteiger charge is 2.35. The van der Waals surface area contributed by atoms with Crippen molar-refractivity contribution >= 4 is 11.5 Å². The maximum atomic E-state index is 11.8. The Morgan fingerprint density at radius 3 is 2.35 bits per heavy atom. The van der Waals surface area contributed by atoms with Crippen LogP contribution in [-0.2, 0) is 4.79 Å². The van der Waals surface area contributed by atoms with Gasteiger partial charge in [-0.15, -0.1) is 0 Å². The lowest BCUT2D eigenvalue weighted by atomic mass is 10.2. The van der Waals surface area contributed by atoms with E-state index < -0.39 is 12.0 Å². The van der Waals surface area contributed by atoms with E-state index >= 15 is 0 Å². The Hall–Kier alpha value is -2.29. The number of halogens is 3. The molecule has 1 rings (SSSR count). The Kier molecular flexibility index (Phi) is 3.88. The molecule has 1 N–H and O–H groups in total. The monoisotopic (exact) mass is 240 g/mol. The van der Waals surface area contributed by atoms with Gasteiger partial charge in [-0.3, -0.25) is 4.79 Å². The topological polar surface area (TPSA) is 52.9 Å². The number of anilines is 1. The van der Waals surface area contributed by atoms with Gasteiger partial charge in [0.25, 0.3) is 5.78 Å². The molecule has 0 fully saturated rings. The average molecular weight is 240 g/mol. The first-order valence-corrected chi connectivity index (χ1v) is 4.48. The summed E-state index contributed by atoms with van der Waals surface area (Å²) in [6.07, 6.45) is -3.56. The van der Waals surface area contributed by atoms with Gasteiger partial charge in [-0.25, -0.2) is 0 Å². The number of nitriles is 1. The minimum Gasteiger partial charge on any atom is -0.362 e. The van der Waals surface area contributed by atoms with Crippen LogP contribution in [0.1, 0.15) is 5.56 Å². The van der Waals surface area contributed by atoms with Gasteiger partial charge in [0.2, 0.25) is 0 Å². The number of nitrogens with zero attached hydrogens (tertiary/aromatic N) is 1. The summed E-state index contributed by atoms with van der Waals surface area (Å²) in [5.74, 6) is -1.93. The molecule has 0 aromatic heterocycles. The van der Waals surface area contributed by atoms with Gasteiger partial charge in [0.1, 0.15) is 0 Å². The molecule has 3 nitrogen and oxygen atoms in total. The van der Waals surface area contributed by atoms with Crippen LogP contribution in [0.25, 0.3) is 0 Å². The highest BCUT2D eigenvalue weighted by molar-refractivity contribution is 5.94. The van der Waals surface area contributed by atoms with Crippen molar-refractivity contribution < 1.29 is 18.0 Å². The standard InChI is InChI=1S/C11H7F3N2O/c12-11(13,14)10(17)5-6-16-9-3-1-8(7-15)2-4-9/h1-6,16H/b6-5+. The van der Waals surface area contributed by atoms with Crippen molar-refractivity contribution in [3.63, 3.8) is 0 Å². The molecule has 1 aromatic carbocycles.